The highest BCUT2D eigenvalue weighted by molar-refractivity contribution is 5.30. The zero-order valence-electron chi connectivity index (χ0n) is 10.9. The summed E-state index contributed by atoms with van der Waals surface area (Å²) in [5, 5.41) is 12.8. The largest absolute Gasteiger partial charge is 0.508 e. The van der Waals surface area contributed by atoms with Gasteiger partial charge in [-0.2, -0.15) is 0 Å². The van der Waals surface area contributed by atoms with Crippen molar-refractivity contribution < 1.29 is 9.50 Å². The molecule has 0 bridgehead atoms. The number of phenols is 1. The first kappa shape index (κ1) is 13.6. The van der Waals surface area contributed by atoms with Crippen LogP contribution in [0.1, 0.15) is 24.1 Å². The molecule has 0 saturated carbocycles. The standard InChI is InChI=1S/C16H18FNO/c1-2-18-16(14-8-3-4-9-15(14)17)11-12-6-5-7-13(19)10-12/h3-10,16,18-19H,2,11H2,1H3. The lowest BCUT2D eigenvalue weighted by Crippen LogP contribution is -2.23. The second kappa shape index (κ2) is 6.34. The molecule has 0 aliphatic rings. The van der Waals surface area contributed by atoms with Gasteiger partial charge in [-0.1, -0.05) is 37.3 Å². The van der Waals surface area contributed by atoms with Crippen molar-refractivity contribution in [2.24, 2.45) is 0 Å². The van der Waals surface area contributed by atoms with E-state index in [0.717, 1.165) is 12.1 Å². The first-order chi connectivity index (χ1) is 9.20. The third-order valence-electron chi connectivity index (χ3n) is 3.08. The lowest BCUT2D eigenvalue weighted by molar-refractivity contribution is 0.472. The monoisotopic (exact) mass is 259 g/mol. The van der Waals surface area contributed by atoms with Crippen LogP contribution in [0.5, 0.6) is 5.75 Å². The van der Waals surface area contributed by atoms with Crippen LogP contribution in [0, 0.1) is 5.82 Å². The maximum atomic E-state index is 13.9. The summed E-state index contributed by atoms with van der Waals surface area (Å²) in [4.78, 5) is 0. The fraction of sp³-hybridized carbons (Fsp3) is 0.250. The van der Waals surface area contributed by atoms with E-state index in [4.69, 9.17) is 0 Å². The highest BCUT2D eigenvalue weighted by Gasteiger charge is 2.15. The Bertz CT molecular complexity index is 542. The second-order valence-corrected chi connectivity index (χ2v) is 4.51. The van der Waals surface area contributed by atoms with E-state index in [1.54, 1.807) is 30.3 Å². The summed E-state index contributed by atoms with van der Waals surface area (Å²) in [5.41, 5.74) is 1.64. The maximum Gasteiger partial charge on any atom is 0.127 e. The number of halogens is 1. The van der Waals surface area contributed by atoms with E-state index in [0.29, 0.717) is 12.0 Å². The summed E-state index contributed by atoms with van der Waals surface area (Å²) in [6.45, 7) is 2.76. The van der Waals surface area contributed by atoms with Crippen molar-refractivity contribution in [3.05, 3.63) is 65.5 Å². The van der Waals surface area contributed by atoms with E-state index >= 15 is 0 Å². The highest BCUT2D eigenvalue weighted by atomic mass is 19.1. The molecule has 2 aromatic rings. The zero-order valence-corrected chi connectivity index (χ0v) is 10.9. The van der Waals surface area contributed by atoms with Gasteiger partial charge in [-0.15, -0.1) is 0 Å². The number of likely N-dealkylation sites (N-methyl/N-ethyl adjacent to an activating group) is 1. The Hall–Kier alpha value is -1.87. The summed E-state index contributed by atoms with van der Waals surface area (Å²) in [6.07, 6.45) is 0.642. The quantitative estimate of drug-likeness (QED) is 0.862. The van der Waals surface area contributed by atoms with Gasteiger partial charge in [-0.3, -0.25) is 0 Å². The SMILES string of the molecule is CCNC(Cc1cccc(O)c1)c1ccccc1F. The van der Waals surface area contributed by atoms with Gasteiger partial charge in [-0.05, 0) is 36.7 Å². The molecule has 0 spiro atoms. The van der Waals surface area contributed by atoms with Crippen molar-refractivity contribution in [3.63, 3.8) is 0 Å². The van der Waals surface area contributed by atoms with Gasteiger partial charge in [0.1, 0.15) is 11.6 Å². The molecule has 19 heavy (non-hydrogen) atoms. The van der Waals surface area contributed by atoms with E-state index in [-0.39, 0.29) is 17.6 Å². The number of aromatic hydroxyl groups is 1. The molecule has 0 fully saturated rings. The van der Waals surface area contributed by atoms with Crippen molar-refractivity contribution in [1.29, 1.82) is 0 Å². The third-order valence-corrected chi connectivity index (χ3v) is 3.08. The van der Waals surface area contributed by atoms with Crippen molar-refractivity contribution in [3.8, 4) is 5.75 Å². The van der Waals surface area contributed by atoms with Crippen LogP contribution in [-0.2, 0) is 6.42 Å². The Kier molecular flexibility index (Phi) is 4.53. The lowest BCUT2D eigenvalue weighted by atomic mass is 9.98. The number of rotatable bonds is 5. The van der Waals surface area contributed by atoms with Crippen LogP contribution >= 0.6 is 0 Å². The molecule has 0 heterocycles. The van der Waals surface area contributed by atoms with Crippen LogP contribution in [0.15, 0.2) is 48.5 Å². The smallest absolute Gasteiger partial charge is 0.127 e. The Morgan fingerprint density at radius 3 is 2.63 bits per heavy atom. The molecule has 1 atom stereocenters. The Morgan fingerprint density at radius 2 is 1.95 bits per heavy atom. The predicted molar refractivity (Wildman–Crippen MR) is 74.6 cm³/mol. The molecule has 2 aromatic carbocycles. The van der Waals surface area contributed by atoms with Gasteiger partial charge in [-0.25, -0.2) is 4.39 Å². The van der Waals surface area contributed by atoms with E-state index in [9.17, 15) is 9.50 Å². The summed E-state index contributed by atoms with van der Waals surface area (Å²) in [7, 11) is 0. The predicted octanol–water partition coefficient (Wildman–Crippen LogP) is 3.42. The Labute approximate surface area is 112 Å². The van der Waals surface area contributed by atoms with Crippen LogP contribution in [0.3, 0.4) is 0 Å². The van der Waals surface area contributed by atoms with Crippen molar-refractivity contribution in [2.75, 3.05) is 6.54 Å². The third kappa shape index (κ3) is 3.55. The number of hydrogen-bond acceptors (Lipinski definition) is 2. The lowest BCUT2D eigenvalue weighted by Gasteiger charge is -2.19. The normalized spacial score (nSPS) is 12.3. The van der Waals surface area contributed by atoms with E-state index < -0.39 is 0 Å². The van der Waals surface area contributed by atoms with E-state index in [1.165, 1.54) is 6.07 Å². The van der Waals surface area contributed by atoms with E-state index in [2.05, 4.69) is 5.32 Å². The Morgan fingerprint density at radius 1 is 1.16 bits per heavy atom. The molecule has 100 valence electrons. The molecule has 1 unspecified atom stereocenters. The number of nitrogens with one attached hydrogen (secondary N) is 1. The van der Waals surface area contributed by atoms with Gasteiger partial charge < -0.3 is 10.4 Å². The number of phenolic OH excluding ortho intramolecular Hbond substituents is 1. The van der Waals surface area contributed by atoms with Crippen LogP contribution in [0.25, 0.3) is 0 Å². The Balaban J connectivity index is 2.24. The molecule has 0 amide bonds. The number of hydrogen-bond donors (Lipinski definition) is 2. The minimum Gasteiger partial charge on any atom is -0.508 e. The topological polar surface area (TPSA) is 32.3 Å². The first-order valence-electron chi connectivity index (χ1n) is 6.46. The van der Waals surface area contributed by atoms with Gasteiger partial charge in [0, 0.05) is 11.6 Å². The average molecular weight is 259 g/mol. The number of benzene rings is 2. The van der Waals surface area contributed by atoms with Crippen molar-refractivity contribution >= 4 is 0 Å². The van der Waals surface area contributed by atoms with Crippen LogP contribution < -0.4 is 5.32 Å². The molecule has 0 aliphatic carbocycles. The minimum absolute atomic E-state index is 0.0898. The van der Waals surface area contributed by atoms with Crippen molar-refractivity contribution in [1.82, 2.24) is 5.32 Å². The highest BCUT2D eigenvalue weighted by Crippen LogP contribution is 2.22. The fourth-order valence-corrected chi connectivity index (χ4v) is 2.22. The molecule has 2 rings (SSSR count). The molecule has 3 heteroatoms. The van der Waals surface area contributed by atoms with Gasteiger partial charge in [0.25, 0.3) is 0 Å². The van der Waals surface area contributed by atoms with Gasteiger partial charge in [0.2, 0.25) is 0 Å². The van der Waals surface area contributed by atoms with Crippen LogP contribution in [0.2, 0.25) is 0 Å². The summed E-state index contributed by atoms with van der Waals surface area (Å²) >= 11 is 0. The summed E-state index contributed by atoms with van der Waals surface area (Å²) < 4.78 is 13.9. The molecular formula is C16H18FNO. The molecule has 2 N–H and O–H groups in total. The molecule has 0 saturated heterocycles. The molecule has 0 aliphatic heterocycles. The minimum atomic E-state index is -0.200. The molecular weight excluding hydrogens is 241 g/mol. The van der Waals surface area contributed by atoms with Gasteiger partial charge in [0.05, 0.1) is 0 Å². The van der Waals surface area contributed by atoms with Gasteiger partial charge >= 0.3 is 0 Å². The average Bonchev–Trinajstić information content (AvgIpc) is 2.39. The summed E-state index contributed by atoms with van der Waals surface area (Å²) in [5.74, 6) is 0.0369. The molecule has 0 aromatic heterocycles. The molecule has 2 nitrogen and oxygen atoms in total. The van der Waals surface area contributed by atoms with Crippen LogP contribution in [0.4, 0.5) is 4.39 Å². The first-order valence-corrected chi connectivity index (χ1v) is 6.46. The molecule has 0 radical (unpaired) electrons. The van der Waals surface area contributed by atoms with Crippen molar-refractivity contribution in [2.45, 2.75) is 19.4 Å². The zero-order chi connectivity index (χ0) is 13.7. The fourth-order valence-electron chi connectivity index (χ4n) is 2.22. The summed E-state index contributed by atoms with van der Waals surface area (Å²) in [6, 6.07) is 13.8. The van der Waals surface area contributed by atoms with E-state index in [1.807, 2.05) is 19.1 Å². The maximum absolute atomic E-state index is 13.9. The second-order valence-electron chi connectivity index (χ2n) is 4.51. The van der Waals surface area contributed by atoms with Crippen LogP contribution in [-0.4, -0.2) is 11.7 Å². The van der Waals surface area contributed by atoms with Gasteiger partial charge in [0.15, 0.2) is 0 Å².